The van der Waals surface area contributed by atoms with Crippen LogP contribution in [0.5, 0.6) is 0 Å². The van der Waals surface area contributed by atoms with Crippen LogP contribution in [0.25, 0.3) is 0 Å². The number of nitrogens with zero attached hydrogens (tertiary/aromatic N) is 2. The average Bonchev–Trinajstić information content (AvgIpc) is 2.86. The first-order chi connectivity index (χ1) is 11.1. The molecule has 0 radical (unpaired) electrons. The molecule has 7 heteroatoms. The van der Waals surface area contributed by atoms with Gasteiger partial charge in [0.2, 0.25) is 0 Å². The fraction of sp³-hybridized carbons (Fsp3) is 0.125. The average molecular weight is 337 g/mol. The summed E-state index contributed by atoms with van der Waals surface area (Å²) in [6.07, 6.45) is -0.0360. The quantitative estimate of drug-likeness (QED) is 0.733. The lowest BCUT2D eigenvalue weighted by atomic mass is 10.1. The SMILES string of the molecule is O=c1onc(Cc2c(F)cccc2Cl)n1Cc1ccccc1F. The summed E-state index contributed by atoms with van der Waals surface area (Å²) >= 11 is 5.98. The van der Waals surface area contributed by atoms with Crippen molar-refractivity contribution in [3.05, 3.63) is 86.6 Å². The van der Waals surface area contributed by atoms with Gasteiger partial charge < -0.3 is 0 Å². The van der Waals surface area contributed by atoms with Gasteiger partial charge in [0.1, 0.15) is 11.6 Å². The Bertz CT molecular complexity index is 885. The highest BCUT2D eigenvalue weighted by atomic mass is 35.5. The highest BCUT2D eigenvalue weighted by molar-refractivity contribution is 6.31. The van der Waals surface area contributed by atoms with Crippen molar-refractivity contribution in [3.8, 4) is 0 Å². The molecule has 0 saturated heterocycles. The van der Waals surface area contributed by atoms with Gasteiger partial charge in [0.15, 0.2) is 5.82 Å². The minimum atomic E-state index is -0.740. The third-order valence-electron chi connectivity index (χ3n) is 3.44. The molecule has 4 nitrogen and oxygen atoms in total. The summed E-state index contributed by atoms with van der Waals surface area (Å²) in [5.41, 5.74) is 0.503. The Morgan fingerprint density at radius 3 is 2.57 bits per heavy atom. The lowest BCUT2D eigenvalue weighted by Crippen LogP contribution is -2.19. The van der Waals surface area contributed by atoms with Gasteiger partial charge in [-0.2, -0.15) is 0 Å². The maximum atomic E-state index is 13.9. The van der Waals surface area contributed by atoms with Crippen LogP contribution in [-0.2, 0) is 13.0 Å². The van der Waals surface area contributed by atoms with Crippen molar-refractivity contribution >= 4 is 11.6 Å². The molecular formula is C16H11ClF2N2O2. The topological polar surface area (TPSA) is 48.0 Å². The number of hydrogen-bond acceptors (Lipinski definition) is 3. The van der Waals surface area contributed by atoms with Crippen molar-refractivity contribution in [2.24, 2.45) is 0 Å². The molecule has 1 heterocycles. The summed E-state index contributed by atoms with van der Waals surface area (Å²) in [4.78, 5) is 11.8. The van der Waals surface area contributed by atoms with E-state index in [-0.39, 0.29) is 29.4 Å². The van der Waals surface area contributed by atoms with Gasteiger partial charge in [-0.05, 0) is 18.2 Å². The molecule has 0 aliphatic heterocycles. The Kier molecular flexibility index (Phi) is 4.25. The van der Waals surface area contributed by atoms with E-state index in [2.05, 4.69) is 9.68 Å². The second-order valence-electron chi connectivity index (χ2n) is 4.92. The summed E-state index contributed by atoms with van der Waals surface area (Å²) in [6.45, 7) is -0.0591. The Morgan fingerprint density at radius 2 is 1.83 bits per heavy atom. The van der Waals surface area contributed by atoms with Crippen molar-refractivity contribution in [1.82, 2.24) is 9.72 Å². The zero-order valence-electron chi connectivity index (χ0n) is 11.8. The second kappa shape index (κ2) is 6.34. The molecule has 0 aliphatic rings. The molecule has 3 aromatic rings. The van der Waals surface area contributed by atoms with Crippen molar-refractivity contribution < 1.29 is 13.3 Å². The van der Waals surface area contributed by atoms with E-state index in [0.717, 1.165) is 4.57 Å². The first-order valence-corrected chi connectivity index (χ1v) is 7.15. The first-order valence-electron chi connectivity index (χ1n) is 6.78. The third-order valence-corrected chi connectivity index (χ3v) is 3.80. The van der Waals surface area contributed by atoms with E-state index in [0.29, 0.717) is 5.56 Å². The van der Waals surface area contributed by atoms with Crippen LogP contribution in [0, 0.1) is 11.6 Å². The van der Waals surface area contributed by atoms with Gasteiger partial charge in [0, 0.05) is 22.6 Å². The summed E-state index contributed by atoms with van der Waals surface area (Å²) in [5, 5.41) is 3.87. The molecule has 0 amide bonds. The molecule has 0 aliphatic carbocycles. The normalized spacial score (nSPS) is 10.9. The van der Waals surface area contributed by atoms with Gasteiger partial charge >= 0.3 is 5.76 Å². The van der Waals surface area contributed by atoms with Gasteiger partial charge in [-0.1, -0.05) is 41.0 Å². The van der Waals surface area contributed by atoms with E-state index in [1.165, 1.54) is 18.2 Å². The van der Waals surface area contributed by atoms with Crippen LogP contribution in [0.2, 0.25) is 5.02 Å². The zero-order valence-corrected chi connectivity index (χ0v) is 12.6. The molecule has 0 bridgehead atoms. The minimum absolute atomic E-state index is 0.0360. The lowest BCUT2D eigenvalue weighted by molar-refractivity contribution is 0.374. The number of benzene rings is 2. The standard InChI is InChI=1S/C16H11ClF2N2O2/c17-12-5-3-7-14(19)11(12)8-15-20-23-16(22)21(15)9-10-4-1-2-6-13(10)18/h1-7H,8-9H2. The minimum Gasteiger partial charge on any atom is -0.296 e. The van der Waals surface area contributed by atoms with Gasteiger partial charge in [-0.15, -0.1) is 0 Å². The third kappa shape index (κ3) is 3.17. The smallest absolute Gasteiger partial charge is 0.296 e. The Balaban J connectivity index is 1.97. The summed E-state index contributed by atoms with van der Waals surface area (Å²) in [6, 6.07) is 10.3. The van der Waals surface area contributed by atoms with Crippen LogP contribution in [0.4, 0.5) is 8.78 Å². The van der Waals surface area contributed by atoms with Crippen molar-refractivity contribution in [3.63, 3.8) is 0 Å². The monoisotopic (exact) mass is 336 g/mol. The fourth-order valence-electron chi connectivity index (χ4n) is 2.24. The summed E-state index contributed by atoms with van der Waals surface area (Å²) < 4.78 is 33.4. The van der Waals surface area contributed by atoms with E-state index in [9.17, 15) is 13.6 Å². The maximum Gasteiger partial charge on any atom is 0.441 e. The van der Waals surface area contributed by atoms with E-state index < -0.39 is 17.4 Å². The van der Waals surface area contributed by atoms with Gasteiger partial charge in [-0.25, -0.2) is 13.6 Å². The number of hydrogen-bond donors (Lipinski definition) is 0. The molecule has 0 unspecified atom stereocenters. The van der Waals surface area contributed by atoms with E-state index in [1.54, 1.807) is 24.3 Å². The molecular weight excluding hydrogens is 326 g/mol. The van der Waals surface area contributed by atoms with Crippen molar-refractivity contribution in [2.45, 2.75) is 13.0 Å². The number of rotatable bonds is 4. The van der Waals surface area contributed by atoms with Crippen LogP contribution in [0.3, 0.4) is 0 Å². The molecule has 0 atom stereocenters. The van der Waals surface area contributed by atoms with E-state index in [4.69, 9.17) is 11.6 Å². The van der Waals surface area contributed by atoms with Crippen molar-refractivity contribution in [2.75, 3.05) is 0 Å². The molecule has 0 spiro atoms. The highest BCUT2D eigenvalue weighted by Crippen LogP contribution is 2.21. The molecule has 1 aromatic heterocycles. The summed E-state index contributed by atoms with van der Waals surface area (Å²) in [5.74, 6) is -1.53. The molecule has 0 saturated carbocycles. The van der Waals surface area contributed by atoms with E-state index >= 15 is 0 Å². The van der Waals surface area contributed by atoms with Crippen LogP contribution in [0.1, 0.15) is 17.0 Å². The van der Waals surface area contributed by atoms with Crippen LogP contribution >= 0.6 is 11.6 Å². The molecule has 118 valence electrons. The number of aromatic nitrogens is 2. The predicted molar refractivity (Wildman–Crippen MR) is 80.5 cm³/mol. The molecule has 2 aromatic carbocycles. The largest absolute Gasteiger partial charge is 0.441 e. The predicted octanol–water partition coefficient (Wildman–Crippen LogP) is 3.41. The Hall–Kier alpha value is -2.47. The van der Waals surface area contributed by atoms with Crippen LogP contribution in [0.15, 0.2) is 51.8 Å². The Labute approximate surface area is 134 Å². The molecule has 23 heavy (non-hydrogen) atoms. The van der Waals surface area contributed by atoms with Crippen molar-refractivity contribution in [1.29, 1.82) is 0 Å². The Morgan fingerprint density at radius 1 is 1.09 bits per heavy atom. The van der Waals surface area contributed by atoms with Gasteiger partial charge in [0.05, 0.1) is 6.54 Å². The zero-order chi connectivity index (χ0) is 16.4. The summed E-state index contributed by atoms with van der Waals surface area (Å²) in [7, 11) is 0. The molecule has 0 fully saturated rings. The highest BCUT2D eigenvalue weighted by Gasteiger charge is 2.16. The van der Waals surface area contributed by atoms with E-state index in [1.807, 2.05) is 0 Å². The van der Waals surface area contributed by atoms with Crippen LogP contribution in [-0.4, -0.2) is 9.72 Å². The fourth-order valence-corrected chi connectivity index (χ4v) is 2.47. The van der Waals surface area contributed by atoms with Crippen LogP contribution < -0.4 is 5.76 Å². The van der Waals surface area contributed by atoms with Gasteiger partial charge in [0.25, 0.3) is 0 Å². The second-order valence-corrected chi connectivity index (χ2v) is 5.33. The number of halogens is 3. The lowest BCUT2D eigenvalue weighted by Gasteiger charge is -2.07. The first kappa shape index (κ1) is 15.4. The molecule has 3 rings (SSSR count). The molecule has 0 N–H and O–H groups in total. The van der Waals surface area contributed by atoms with Gasteiger partial charge in [-0.3, -0.25) is 9.09 Å². The maximum absolute atomic E-state index is 13.9.